The highest BCUT2D eigenvalue weighted by molar-refractivity contribution is 7.15. The van der Waals surface area contributed by atoms with Crippen LogP contribution >= 0.6 is 11.3 Å². The van der Waals surface area contributed by atoms with Crippen LogP contribution in [-0.4, -0.2) is 45.2 Å². The third kappa shape index (κ3) is 2.94. The summed E-state index contributed by atoms with van der Waals surface area (Å²) in [5, 5.41) is 14.5. The van der Waals surface area contributed by atoms with Gasteiger partial charge in [0.25, 0.3) is 11.6 Å². The Labute approximate surface area is 149 Å². The van der Waals surface area contributed by atoms with Crippen LogP contribution < -0.4 is 0 Å². The van der Waals surface area contributed by atoms with E-state index >= 15 is 0 Å². The fraction of sp³-hybridized carbons (Fsp3) is 0.389. The Hall–Kier alpha value is -2.25. The summed E-state index contributed by atoms with van der Waals surface area (Å²) >= 11 is 1.62. The molecule has 0 aliphatic carbocycles. The van der Waals surface area contributed by atoms with Crippen molar-refractivity contribution in [3.8, 4) is 10.6 Å². The Kier molecular flexibility index (Phi) is 4.05. The highest BCUT2D eigenvalue weighted by Crippen LogP contribution is 2.31. The summed E-state index contributed by atoms with van der Waals surface area (Å²) in [5.74, 6) is -0.105. The van der Waals surface area contributed by atoms with Crippen molar-refractivity contribution in [3.63, 3.8) is 0 Å². The number of β-amino-alcohol motifs (C(OH)–C–C–N with tert-alkyl or cyclic N) is 1. The van der Waals surface area contributed by atoms with E-state index in [-0.39, 0.29) is 5.91 Å². The number of carbonyl (C=O) groups is 1. The zero-order valence-corrected chi connectivity index (χ0v) is 15.0. The van der Waals surface area contributed by atoms with Crippen molar-refractivity contribution in [3.05, 3.63) is 34.3 Å². The minimum absolute atomic E-state index is 0.105. The second kappa shape index (κ2) is 6.24. The number of aliphatic hydroxyl groups excluding tert-OH is 1. The summed E-state index contributed by atoms with van der Waals surface area (Å²) in [7, 11) is 0. The summed E-state index contributed by atoms with van der Waals surface area (Å²) in [6.45, 7) is 4.86. The first-order chi connectivity index (χ1) is 12.0. The van der Waals surface area contributed by atoms with Crippen LogP contribution in [0.1, 0.15) is 33.8 Å². The van der Waals surface area contributed by atoms with Gasteiger partial charge < -0.3 is 14.5 Å². The molecule has 4 heterocycles. The molecule has 1 fully saturated rings. The molecule has 1 aliphatic heterocycles. The van der Waals surface area contributed by atoms with E-state index in [4.69, 9.17) is 4.52 Å². The molecule has 4 rings (SSSR count). The Balaban J connectivity index is 1.83. The van der Waals surface area contributed by atoms with Crippen molar-refractivity contribution >= 4 is 28.3 Å². The Morgan fingerprint density at radius 3 is 2.96 bits per heavy atom. The number of rotatable bonds is 2. The van der Waals surface area contributed by atoms with Crippen LogP contribution in [0.3, 0.4) is 0 Å². The number of nitrogens with zero attached hydrogens (tertiary/aromatic N) is 3. The normalized spacial score (nSPS) is 18.0. The SMILES string of the molecule is Cc1ccc(-c2cc(C(=O)N3CCC[C@H](O)C3)c3c(C)noc3n2)s1. The van der Waals surface area contributed by atoms with E-state index < -0.39 is 6.10 Å². The van der Waals surface area contributed by atoms with Gasteiger partial charge in [-0.15, -0.1) is 11.3 Å². The van der Waals surface area contributed by atoms with Crippen molar-refractivity contribution in [2.45, 2.75) is 32.8 Å². The fourth-order valence-corrected chi connectivity index (χ4v) is 4.10. The van der Waals surface area contributed by atoms with E-state index in [0.29, 0.717) is 41.1 Å². The molecule has 3 aromatic heterocycles. The zero-order chi connectivity index (χ0) is 17.6. The van der Waals surface area contributed by atoms with Gasteiger partial charge in [-0.1, -0.05) is 5.16 Å². The average molecular weight is 357 g/mol. The monoisotopic (exact) mass is 357 g/mol. The Bertz CT molecular complexity index is 946. The van der Waals surface area contributed by atoms with Crippen LogP contribution in [0.25, 0.3) is 21.7 Å². The summed E-state index contributed by atoms with van der Waals surface area (Å²) < 4.78 is 5.34. The van der Waals surface area contributed by atoms with E-state index in [1.54, 1.807) is 16.2 Å². The lowest BCUT2D eigenvalue weighted by atomic mass is 10.0. The smallest absolute Gasteiger partial charge is 0.259 e. The third-order valence-corrected chi connectivity index (χ3v) is 5.55. The molecule has 1 atom stereocenters. The first-order valence-electron chi connectivity index (χ1n) is 8.34. The topological polar surface area (TPSA) is 79.5 Å². The van der Waals surface area contributed by atoms with Crippen molar-refractivity contribution in [2.75, 3.05) is 13.1 Å². The van der Waals surface area contributed by atoms with E-state index in [1.807, 2.05) is 32.0 Å². The second-order valence-electron chi connectivity index (χ2n) is 6.46. The van der Waals surface area contributed by atoms with Gasteiger partial charge in [-0.25, -0.2) is 4.98 Å². The van der Waals surface area contributed by atoms with Crippen LogP contribution in [0.15, 0.2) is 22.7 Å². The van der Waals surface area contributed by atoms with E-state index in [9.17, 15) is 9.90 Å². The van der Waals surface area contributed by atoms with Gasteiger partial charge in [0.15, 0.2) is 0 Å². The van der Waals surface area contributed by atoms with E-state index in [1.165, 1.54) is 4.88 Å². The number of pyridine rings is 1. The number of likely N-dealkylation sites (tertiary alicyclic amines) is 1. The maximum Gasteiger partial charge on any atom is 0.259 e. The molecule has 0 spiro atoms. The number of fused-ring (bicyclic) bond motifs is 1. The van der Waals surface area contributed by atoms with Gasteiger partial charge in [0, 0.05) is 18.0 Å². The van der Waals surface area contributed by atoms with Crippen molar-refractivity contribution in [1.82, 2.24) is 15.0 Å². The van der Waals surface area contributed by atoms with Gasteiger partial charge >= 0.3 is 0 Å². The lowest BCUT2D eigenvalue weighted by molar-refractivity contribution is 0.0475. The maximum atomic E-state index is 13.1. The minimum atomic E-state index is -0.460. The van der Waals surface area contributed by atoms with Crippen molar-refractivity contribution < 1.29 is 14.4 Å². The largest absolute Gasteiger partial charge is 0.391 e. The standard InChI is InChI=1S/C18H19N3O3S/c1-10-5-6-15(25-10)14-8-13(16-11(2)20-24-17(16)19-14)18(23)21-7-3-4-12(22)9-21/h5-6,8,12,22H,3-4,7,9H2,1-2H3/t12-/m0/s1. The quantitative estimate of drug-likeness (QED) is 0.762. The minimum Gasteiger partial charge on any atom is -0.391 e. The van der Waals surface area contributed by atoms with Gasteiger partial charge in [-0.05, 0) is 44.9 Å². The van der Waals surface area contributed by atoms with Gasteiger partial charge in [0.2, 0.25) is 0 Å². The molecular formula is C18H19N3O3S. The Morgan fingerprint density at radius 2 is 2.24 bits per heavy atom. The molecule has 1 N–H and O–H groups in total. The highest BCUT2D eigenvalue weighted by atomic mass is 32.1. The molecule has 0 radical (unpaired) electrons. The number of hydrogen-bond acceptors (Lipinski definition) is 6. The summed E-state index contributed by atoms with van der Waals surface area (Å²) in [4.78, 5) is 21.5. The number of aromatic nitrogens is 2. The molecule has 0 bridgehead atoms. The molecule has 1 aliphatic rings. The number of thiophene rings is 1. The zero-order valence-electron chi connectivity index (χ0n) is 14.2. The first-order valence-corrected chi connectivity index (χ1v) is 9.16. The maximum absolute atomic E-state index is 13.1. The molecule has 7 heteroatoms. The van der Waals surface area contributed by atoms with E-state index in [2.05, 4.69) is 10.1 Å². The number of carbonyl (C=O) groups excluding carboxylic acids is 1. The number of aliphatic hydroxyl groups is 1. The predicted octanol–water partition coefficient (Wildman–Crippen LogP) is 3.17. The number of amides is 1. The molecule has 1 saturated heterocycles. The van der Waals surface area contributed by atoms with Gasteiger partial charge in [0.1, 0.15) is 0 Å². The molecule has 3 aromatic rings. The molecule has 0 unspecified atom stereocenters. The molecule has 0 saturated carbocycles. The lowest BCUT2D eigenvalue weighted by Gasteiger charge is -2.30. The van der Waals surface area contributed by atoms with Crippen molar-refractivity contribution in [2.24, 2.45) is 0 Å². The summed E-state index contributed by atoms with van der Waals surface area (Å²) in [6, 6.07) is 5.84. The third-order valence-electron chi connectivity index (χ3n) is 4.52. The first kappa shape index (κ1) is 16.2. The molecule has 25 heavy (non-hydrogen) atoms. The number of aryl methyl sites for hydroxylation is 2. The van der Waals surface area contributed by atoms with Crippen LogP contribution in [0, 0.1) is 13.8 Å². The molecule has 1 amide bonds. The van der Waals surface area contributed by atoms with Gasteiger partial charge in [0.05, 0.1) is 33.3 Å². The number of piperidine rings is 1. The molecule has 130 valence electrons. The van der Waals surface area contributed by atoms with Gasteiger partial charge in [-0.3, -0.25) is 4.79 Å². The predicted molar refractivity (Wildman–Crippen MR) is 95.7 cm³/mol. The highest BCUT2D eigenvalue weighted by Gasteiger charge is 2.27. The second-order valence-corrected chi connectivity index (χ2v) is 7.75. The summed E-state index contributed by atoms with van der Waals surface area (Å²) in [6.07, 6.45) is 1.08. The van der Waals surface area contributed by atoms with E-state index in [0.717, 1.165) is 17.7 Å². The number of hydrogen-bond donors (Lipinski definition) is 1. The molecule has 6 nitrogen and oxygen atoms in total. The summed E-state index contributed by atoms with van der Waals surface area (Å²) in [5.41, 5.74) is 2.28. The van der Waals surface area contributed by atoms with Crippen LogP contribution in [0.4, 0.5) is 0 Å². The average Bonchev–Trinajstić information content (AvgIpc) is 3.20. The van der Waals surface area contributed by atoms with Crippen LogP contribution in [-0.2, 0) is 0 Å². The molecule has 0 aromatic carbocycles. The van der Waals surface area contributed by atoms with Crippen molar-refractivity contribution in [1.29, 1.82) is 0 Å². The lowest BCUT2D eigenvalue weighted by Crippen LogP contribution is -2.42. The van der Waals surface area contributed by atoms with Crippen LogP contribution in [0.2, 0.25) is 0 Å². The van der Waals surface area contributed by atoms with Gasteiger partial charge in [-0.2, -0.15) is 0 Å². The fourth-order valence-electron chi connectivity index (χ4n) is 3.27. The van der Waals surface area contributed by atoms with Crippen LogP contribution in [0.5, 0.6) is 0 Å². The Morgan fingerprint density at radius 1 is 1.40 bits per heavy atom. The molecular weight excluding hydrogens is 338 g/mol.